The molecule has 0 saturated heterocycles. The molecule has 1 aromatic heterocycles. The van der Waals surface area contributed by atoms with E-state index in [0.29, 0.717) is 5.13 Å². The van der Waals surface area contributed by atoms with Crippen LogP contribution in [-0.2, 0) is 0 Å². The zero-order valence-corrected chi connectivity index (χ0v) is 14.5. The molecule has 2 aromatic rings. The zero-order chi connectivity index (χ0) is 11.0. The van der Waals surface area contributed by atoms with Crippen molar-refractivity contribution >= 4 is 84.2 Å². The zero-order valence-electron chi connectivity index (χ0n) is 7.17. The highest BCUT2D eigenvalue weighted by molar-refractivity contribution is 14.1. The van der Waals surface area contributed by atoms with Crippen molar-refractivity contribution in [1.29, 1.82) is 0 Å². The van der Waals surface area contributed by atoms with E-state index in [1.807, 2.05) is 0 Å². The Kier molecular flexibility index (Phi) is 4.04. The number of aromatic nitrogens is 2. The summed E-state index contributed by atoms with van der Waals surface area (Å²) in [6.45, 7) is 0. The van der Waals surface area contributed by atoms with Gasteiger partial charge in [-0.15, -0.1) is 10.2 Å². The molecule has 0 bridgehead atoms. The minimum Gasteiger partial charge on any atom is -0.374 e. The molecule has 78 valence electrons. The molecule has 0 saturated carbocycles. The minimum atomic E-state index is 0.509. The van der Waals surface area contributed by atoms with E-state index in [-0.39, 0.29) is 0 Å². The van der Waals surface area contributed by atoms with Gasteiger partial charge < -0.3 is 5.73 Å². The Morgan fingerprint density at radius 3 is 2.47 bits per heavy atom. The summed E-state index contributed by atoms with van der Waals surface area (Å²) in [5.74, 6) is 0. The van der Waals surface area contributed by atoms with Crippen molar-refractivity contribution in [1.82, 2.24) is 10.2 Å². The molecular formula is C8H4I3N3S. The van der Waals surface area contributed by atoms with Crippen LogP contribution in [-0.4, -0.2) is 10.2 Å². The number of benzene rings is 1. The average molecular weight is 555 g/mol. The third-order valence-electron chi connectivity index (χ3n) is 1.66. The van der Waals surface area contributed by atoms with E-state index in [1.54, 1.807) is 0 Å². The van der Waals surface area contributed by atoms with Gasteiger partial charge in [-0.2, -0.15) is 0 Å². The van der Waals surface area contributed by atoms with Crippen LogP contribution < -0.4 is 5.73 Å². The lowest BCUT2D eigenvalue weighted by Crippen LogP contribution is -1.88. The third-order valence-corrected chi connectivity index (χ3v) is 6.12. The number of halogens is 3. The first-order chi connectivity index (χ1) is 7.08. The van der Waals surface area contributed by atoms with E-state index in [2.05, 4.69) is 90.1 Å². The van der Waals surface area contributed by atoms with Gasteiger partial charge in [-0.1, -0.05) is 11.3 Å². The van der Waals surface area contributed by atoms with Gasteiger partial charge in [0.15, 0.2) is 5.01 Å². The summed E-state index contributed by atoms with van der Waals surface area (Å²) in [5, 5.41) is 9.28. The summed E-state index contributed by atoms with van der Waals surface area (Å²) < 4.78 is 3.62. The Morgan fingerprint density at radius 2 is 1.87 bits per heavy atom. The second-order valence-electron chi connectivity index (χ2n) is 2.69. The highest BCUT2D eigenvalue weighted by Gasteiger charge is 2.11. The Balaban J connectivity index is 2.62. The number of anilines is 1. The van der Waals surface area contributed by atoms with Gasteiger partial charge in [-0.05, 0) is 79.9 Å². The van der Waals surface area contributed by atoms with Crippen molar-refractivity contribution in [2.45, 2.75) is 0 Å². The molecule has 15 heavy (non-hydrogen) atoms. The maximum atomic E-state index is 5.58. The second kappa shape index (κ2) is 4.96. The van der Waals surface area contributed by atoms with Crippen molar-refractivity contribution in [3.8, 4) is 10.6 Å². The Labute approximate surface area is 132 Å². The van der Waals surface area contributed by atoms with Crippen molar-refractivity contribution in [2.75, 3.05) is 5.73 Å². The molecule has 0 fully saturated rings. The molecule has 0 aliphatic carbocycles. The highest BCUT2D eigenvalue weighted by Crippen LogP contribution is 2.32. The van der Waals surface area contributed by atoms with Gasteiger partial charge in [-0.3, -0.25) is 0 Å². The van der Waals surface area contributed by atoms with Gasteiger partial charge in [0.2, 0.25) is 5.13 Å². The van der Waals surface area contributed by atoms with Crippen LogP contribution in [0.1, 0.15) is 0 Å². The molecule has 1 aromatic carbocycles. The summed E-state index contributed by atoms with van der Waals surface area (Å²) >= 11 is 8.36. The molecule has 0 radical (unpaired) electrons. The molecule has 0 spiro atoms. The number of nitrogens with two attached hydrogens (primary N) is 1. The maximum absolute atomic E-state index is 5.58. The van der Waals surface area contributed by atoms with Crippen LogP contribution in [0.3, 0.4) is 0 Å². The SMILES string of the molecule is Nc1nnc(-c2cc(I)cc(I)c2I)s1. The van der Waals surface area contributed by atoms with E-state index in [9.17, 15) is 0 Å². The van der Waals surface area contributed by atoms with E-state index in [4.69, 9.17) is 5.73 Å². The summed E-state index contributed by atoms with van der Waals surface area (Å²) in [7, 11) is 0. The van der Waals surface area contributed by atoms with Gasteiger partial charge in [0.05, 0.1) is 0 Å². The molecule has 7 heteroatoms. The number of hydrogen-bond donors (Lipinski definition) is 1. The number of nitrogens with zero attached hydrogens (tertiary/aromatic N) is 2. The van der Waals surface area contributed by atoms with Crippen LogP contribution in [0.4, 0.5) is 5.13 Å². The summed E-state index contributed by atoms with van der Waals surface area (Å²) in [6, 6.07) is 4.24. The molecular weight excluding hydrogens is 551 g/mol. The molecule has 0 unspecified atom stereocenters. The molecule has 0 atom stereocenters. The lowest BCUT2D eigenvalue weighted by molar-refractivity contribution is 1.10. The maximum Gasteiger partial charge on any atom is 0.203 e. The fourth-order valence-electron chi connectivity index (χ4n) is 1.06. The van der Waals surface area contributed by atoms with Crippen LogP contribution in [0.5, 0.6) is 0 Å². The fraction of sp³-hybridized carbons (Fsp3) is 0. The van der Waals surface area contributed by atoms with E-state index >= 15 is 0 Å². The van der Waals surface area contributed by atoms with Crippen molar-refractivity contribution in [2.24, 2.45) is 0 Å². The number of rotatable bonds is 1. The van der Waals surface area contributed by atoms with E-state index < -0.39 is 0 Å². The lowest BCUT2D eigenvalue weighted by atomic mass is 10.2. The molecule has 1 heterocycles. The molecule has 2 rings (SSSR count). The second-order valence-corrected chi connectivity index (χ2v) is 7.19. The summed E-state index contributed by atoms with van der Waals surface area (Å²) in [4.78, 5) is 0. The first-order valence-corrected chi connectivity index (χ1v) is 7.87. The molecule has 2 N–H and O–H groups in total. The lowest BCUT2D eigenvalue weighted by Gasteiger charge is -2.03. The van der Waals surface area contributed by atoms with Gasteiger partial charge in [0.1, 0.15) is 0 Å². The largest absolute Gasteiger partial charge is 0.374 e. The Hall–Kier alpha value is 0.770. The van der Waals surface area contributed by atoms with Crippen molar-refractivity contribution in [3.63, 3.8) is 0 Å². The number of hydrogen-bond acceptors (Lipinski definition) is 4. The number of nitrogen functional groups attached to an aromatic ring is 1. The minimum absolute atomic E-state index is 0.509. The van der Waals surface area contributed by atoms with Crippen LogP contribution >= 0.6 is 79.1 Å². The predicted octanol–water partition coefficient (Wildman–Crippen LogP) is 3.60. The average Bonchev–Trinajstić information content (AvgIpc) is 2.58. The Bertz CT molecular complexity index is 512. The van der Waals surface area contributed by atoms with E-state index in [0.717, 1.165) is 10.6 Å². The predicted molar refractivity (Wildman–Crippen MR) is 87.9 cm³/mol. The van der Waals surface area contributed by atoms with Crippen LogP contribution in [0.2, 0.25) is 0 Å². The molecule has 0 aliphatic heterocycles. The first kappa shape index (κ1) is 12.2. The molecule has 3 nitrogen and oxygen atoms in total. The monoisotopic (exact) mass is 555 g/mol. The van der Waals surface area contributed by atoms with E-state index in [1.165, 1.54) is 22.0 Å². The van der Waals surface area contributed by atoms with Crippen LogP contribution in [0, 0.1) is 10.7 Å². The Morgan fingerprint density at radius 1 is 1.13 bits per heavy atom. The summed E-state index contributed by atoms with van der Waals surface area (Å²) in [6.07, 6.45) is 0. The van der Waals surface area contributed by atoms with Crippen molar-refractivity contribution in [3.05, 3.63) is 22.8 Å². The van der Waals surface area contributed by atoms with Crippen LogP contribution in [0.25, 0.3) is 10.6 Å². The quantitative estimate of drug-likeness (QED) is 0.433. The normalized spacial score (nSPS) is 10.6. The standard InChI is InChI=1S/C8H4I3N3S/c9-3-1-4(6(11)5(10)2-3)7-13-14-8(12)15-7/h1-2H,(H2,12,14). The van der Waals surface area contributed by atoms with Gasteiger partial charge >= 0.3 is 0 Å². The highest BCUT2D eigenvalue weighted by atomic mass is 127. The van der Waals surface area contributed by atoms with Crippen molar-refractivity contribution < 1.29 is 0 Å². The van der Waals surface area contributed by atoms with Gasteiger partial charge in [0.25, 0.3) is 0 Å². The van der Waals surface area contributed by atoms with Gasteiger partial charge in [-0.25, -0.2) is 0 Å². The summed E-state index contributed by atoms with van der Waals surface area (Å²) in [5.41, 5.74) is 6.69. The topological polar surface area (TPSA) is 51.8 Å². The fourth-order valence-corrected chi connectivity index (χ4v) is 4.28. The van der Waals surface area contributed by atoms with Crippen LogP contribution in [0.15, 0.2) is 12.1 Å². The molecule has 0 aliphatic rings. The first-order valence-electron chi connectivity index (χ1n) is 3.82. The van der Waals surface area contributed by atoms with Gasteiger partial charge in [0, 0.05) is 16.3 Å². The molecule has 0 amide bonds. The third kappa shape index (κ3) is 2.72. The smallest absolute Gasteiger partial charge is 0.203 e.